The number of benzene rings is 2. The molecule has 4 N–H and O–H groups in total. The van der Waals surface area contributed by atoms with Crippen LogP contribution in [-0.4, -0.2) is 86.0 Å². The highest BCUT2D eigenvalue weighted by molar-refractivity contribution is 5.87. The molecule has 2 aliphatic heterocycles. The van der Waals surface area contributed by atoms with Crippen LogP contribution in [-0.2, 0) is 26.2 Å². The van der Waals surface area contributed by atoms with Crippen LogP contribution < -0.4 is 10.6 Å². The summed E-state index contributed by atoms with van der Waals surface area (Å²) in [5, 5.41) is 6.10. The lowest BCUT2D eigenvalue weighted by Crippen LogP contribution is -2.54. The maximum atomic E-state index is 14.1. The third-order valence-corrected chi connectivity index (χ3v) is 16.1. The van der Waals surface area contributed by atoms with Crippen molar-refractivity contribution in [2.45, 2.75) is 146 Å². The van der Waals surface area contributed by atoms with E-state index in [1.165, 1.54) is 67.0 Å². The number of likely N-dealkylation sites (tertiary alicyclic amines) is 2. The summed E-state index contributed by atoms with van der Waals surface area (Å²) in [6.45, 7) is 8.14. The summed E-state index contributed by atoms with van der Waals surface area (Å²) in [4.78, 5) is 61.9. The van der Waals surface area contributed by atoms with E-state index in [0.29, 0.717) is 11.8 Å². The molecule has 2 saturated heterocycles. The molecule has 1 spiro atoms. The van der Waals surface area contributed by atoms with Gasteiger partial charge in [-0.15, -0.1) is 0 Å². The van der Waals surface area contributed by atoms with Crippen LogP contribution in [0.2, 0.25) is 0 Å². The number of hydrogen-bond acceptors (Lipinski definition) is 7. The molecule has 328 valence electrons. The normalized spacial score (nSPS) is 26.6. The Morgan fingerprint density at radius 1 is 0.726 bits per heavy atom. The van der Waals surface area contributed by atoms with E-state index in [4.69, 9.17) is 14.7 Å². The molecule has 4 heterocycles. The fourth-order valence-corrected chi connectivity index (χ4v) is 13.2. The van der Waals surface area contributed by atoms with E-state index < -0.39 is 12.1 Å². The zero-order chi connectivity index (χ0) is 43.0. The van der Waals surface area contributed by atoms with Crippen molar-refractivity contribution >= 4 is 17.9 Å². The van der Waals surface area contributed by atoms with Crippen molar-refractivity contribution in [2.24, 2.45) is 23.7 Å². The Hall–Kier alpha value is -4.97. The number of methoxy groups -OCH3 is 1. The molecule has 4 bridgehead atoms. The molecule has 6 aliphatic rings. The molecule has 8 atom stereocenters. The van der Waals surface area contributed by atoms with Gasteiger partial charge < -0.3 is 35.1 Å². The first-order valence-electron chi connectivity index (χ1n) is 23.5. The molecule has 2 aromatic heterocycles. The lowest BCUT2D eigenvalue weighted by atomic mass is 9.76. The van der Waals surface area contributed by atoms with Crippen LogP contribution in [0.5, 0.6) is 0 Å². The number of aromatic amines is 2. The van der Waals surface area contributed by atoms with Crippen LogP contribution >= 0.6 is 0 Å². The van der Waals surface area contributed by atoms with Gasteiger partial charge in [0.25, 0.3) is 0 Å². The first-order chi connectivity index (χ1) is 30.0. The summed E-state index contributed by atoms with van der Waals surface area (Å²) in [5.41, 5.74) is 10.00. The number of carbonyl (C=O) groups is 3. The second-order valence-corrected chi connectivity index (χ2v) is 20.1. The third-order valence-electron chi connectivity index (χ3n) is 16.1. The Bertz CT molecular complexity index is 2340. The van der Waals surface area contributed by atoms with E-state index in [1.54, 1.807) is 0 Å². The molecule has 8 unspecified atom stereocenters. The molecule has 3 amide bonds. The monoisotopic (exact) mass is 841 g/mol. The topological polar surface area (TPSA) is 148 Å². The van der Waals surface area contributed by atoms with Crippen molar-refractivity contribution in [3.63, 3.8) is 0 Å². The van der Waals surface area contributed by atoms with Gasteiger partial charge in [-0.2, -0.15) is 0 Å². The smallest absolute Gasteiger partial charge is 0.407 e. The Kier molecular flexibility index (Phi) is 10.6. The Labute approximate surface area is 365 Å². The lowest BCUT2D eigenvalue weighted by molar-refractivity contribution is -0.140. The first kappa shape index (κ1) is 41.1. The quantitative estimate of drug-likeness (QED) is 0.118. The highest BCUT2D eigenvalue weighted by atomic mass is 16.5. The fraction of sp³-hybridized carbons (Fsp3) is 0.580. The number of rotatable bonds is 11. The maximum absolute atomic E-state index is 14.1. The minimum absolute atomic E-state index is 0.00940. The van der Waals surface area contributed by atoms with Crippen LogP contribution in [0.15, 0.2) is 48.8 Å². The van der Waals surface area contributed by atoms with Gasteiger partial charge in [0.1, 0.15) is 17.7 Å². The number of fused-ring (bicyclic) bond motifs is 6. The van der Waals surface area contributed by atoms with Crippen LogP contribution in [0.4, 0.5) is 4.79 Å². The number of nitrogens with one attached hydrogen (secondary N) is 4. The van der Waals surface area contributed by atoms with E-state index in [1.807, 2.05) is 38.2 Å². The summed E-state index contributed by atoms with van der Waals surface area (Å²) in [7, 11) is 3.23. The van der Waals surface area contributed by atoms with Crippen molar-refractivity contribution in [3.05, 3.63) is 71.6 Å². The number of piperidine rings is 2. The zero-order valence-electron chi connectivity index (χ0n) is 37.3. The molecule has 0 radical (unpaired) electrons. The number of aromatic nitrogens is 4. The number of alkyl carbamates (subject to hydrolysis) is 1. The van der Waals surface area contributed by atoms with Gasteiger partial charge in [0.2, 0.25) is 11.8 Å². The van der Waals surface area contributed by atoms with Crippen LogP contribution in [0.3, 0.4) is 0 Å². The number of amides is 3. The number of ether oxygens (including phenoxy) is 1. The van der Waals surface area contributed by atoms with Crippen molar-refractivity contribution in [3.8, 4) is 33.6 Å². The second kappa shape index (κ2) is 16.0. The van der Waals surface area contributed by atoms with Crippen molar-refractivity contribution < 1.29 is 19.1 Å². The highest BCUT2D eigenvalue weighted by Crippen LogP contribution is 2.56. The molecule has 2 aromatic carbocycles. The van der Waals surface area contributed by atoms with Crippen molar-refractivity contribution in [2.75, 3.05) is 14.2 Å². The van der Waals surface area contributed by atoms with Crippen LogP contribution in [0.25, 0.3) is 33.6 Å². The number of nitrogens with zero attached hydrogens (tertiary/aromatic N) is 4. The maximum Gasteiger partial charge on any atom is 0.407 e. The van der Waals surface area contributed by atoms with E-state index in [-0.39, 0.29) is 59.3 Å². The average Bonchev–Trinajstić information content (AvgIpc) is 4.14. The van der Waals surface area contributed by atoms with Gasteiger partial charge in [0.15, 0.2) is 0 Å². The molecular formula is C50H64N8O4. The molecule has 62 heavy (non-hydrogen) atoms. The summed E-state index contributed by atoms with van der Waals surface area (Å²) in [6.07, 6.45) is 16.8. The molecule has 12 nitrogen and oxygen atoms in total. The lowest BCUT2D eigenvalue weighted by Gasteiger charge is -2.37. The Morgan fingerprint density at radius 2 is 1.27 bits per heavy atom. The van der Waals surface area contributed by atoms with Crippen LogP contribution in [0.1, 0.15) is 133 Å². The fourth-order valence-electron chi connectivity index (χ4n) is 13.2. The van der Waals surface area contributed by atoms with E-state index >= 15 is 0 Å². The summed E-state index contributed by atoms with van der Waals surface area (Å²) in [5.74, 6) is 2.76. The molecule has 4 aliphatic carbocycles. The number of carbonyl (C=O) groups excluding carboxylic acids is 3. The SMILES string of the molecule is CNC(C(=O)N1C2CCC(C2)C1c1ncc(-c2ccc(-c3ccc(-c4cnc(C5C6CCC(C6)N5C(=O)C(NC(=O)OC)C(C)C)[nH]4)cc3)c3c2CCC32CCCC2)[nH]1)C(C)C. The van der Waals surface area contributed by atoms with Gasteiger partial charge in [-0.3, -0.25) is 9.59 Å². The van der Waals surface area contributed by atoms with Gasteiger partial charge in [-0.05, 0) is 128 Å². The first-order valence-corrected chi connectivity index (χ1v) is 23.5. The van der Waals surface area contributed by atoms with E-state index in [2.05, 4.69) is 75.7 Å². The van der Waals surface area contributed by atoms with E-state index in [0.717, 1.165) is 73.5 Å². The minimum atomic E-state index is -0.668. The number of imidazole rings is 2. The summed E-state index contributed by atoms with van der Waals surface area (Å²) >= 11 is 0. The zero-order valence-corrected chi connectivity index (χ0v) is 37.3. The summed E-state index contributed by atoms with van der Waals surface area (Å²) < 4.78 is 4.87. The van der Waals surface area contributed by atoms with Gasteiger partial charge >= 0.3 is 6.09 Å². The Balaban J connectivity index is 0.929. The summed E-state index contributed by atoms with van der Waals surface area (Å²) in [6, 6.07) is 13.0. The number of likely N-dealkylation sites (N-methyl/N-ethyl adjacent to an activating group) is 1. The second-order valence-electron chi connectivity index (χ2n) is 20.1. The molecular weight excluding hydrogens is 777 g/mol. The van der Waals surface area contributed by atoms with Gasteiger partial charge in [0, 0.05) is 17.6 Å². The van der Waals surface area contributed by atoms with Gasteiger partial charge in [-0.25, -0.2) is 14.8 Å². The molecule has 3 saturated carbocycles. The van der Waals surface area contributed by atoms with Crippen LogP contribution in [0, 0.1) is 23.7 Å². The standard InChI is InChI=1S/C50H64N8O4/c1-27(2)41(51-5)47(59)57-33-15-13-32(23-33)44(57)46-53-26-39(55-46)36-18-17-35(40-37(36)19-22-50(40)20-7-8-21-50)29-9-11-30(12-10-29)38-25-52-45(54-38)43-31-14-16-34(24-31)58(43)48(60)42(28(3)4)56-49(61)62-6/h9-12,17-18,25-28,31-34,41-44,51H,7-8,13-16,19-24H2,1-6H3,(H,52,54)(H,53,55)(H,56,61). The molecule has 5 fully saturated rings. The molecule has 4 aromatic rings. The average molecular weight is 841 g/mol. The predicted octanol–water partition coefficient (Wildman–Crippen LogP) is 8.62. The molecule has 12 heteroatoms. The minimum Gasteiger partial charge on any atom is -0.453 e. The van der Waals surface area contributed by atoms with Gasteiger partial charge in [-0.1, -0.05) is 76.9 Å². The van der Waals surface area contributed by atoms with Gasteiger partial charge in [0.05, 0.1) is 49.0 Å². The van der Waals surface area contributed by atoms with E-state index in [9.17, 15) is 14.4 Å². The predicted molar refractivity (Wildman–Crippen MR) is 239 cm³/mol. The van der Waals surface area contributed by atoms with Crippen molar-refractivity contribution in [1.29, 1.82) is 0 Å². The Morgan fingerprint density at radius 3 is 1.85 bits per heavy atom. The number of hydrogen-bond donors (Lipinski definition) is 4. The highest BCUT2D eigenvalue weighted by Gasteiger charge is 2.53. The number of H-pyrrole nitrogens is 2. The third kappa shape index (κ3) is 6.68. The molecule has 10 rings (SSSR count). The van der Waals surface area contributed by atoms with Crippen molar-refractivity contribution in [1.82, 2.24) is 40.4 Å². The largest absolute Gasteiger partial charge is 0.453 e.